The molecule has 0 amide bonds. The minimum absolute atomic E-state index is 0.662. The number of benzene rings is 2. The minimum Gasteiger partial charge on any atom is -0.398 e. The zero-order valence-corrected chi connectivity index (χ0v) is 11.6. The summed E-state index contributed by atoms with van der Waals surface area (Å²) in [6, 6.07) is 13.6. The Kier molecular flexibility index (Phi) is 3.36. The standard InChI is InChI=1S/C14H12ClN3S/c15-10-6-5-9(11(16)7-10)8-19-14-17-12-3-1-2-4-13(12)18-14/h1-7H,8,16H2,(H,17,18). The summed E-state index contributed by atoms with van der Waals surface area (Å²) in [6.45, 7) is 0. The molecule has 0 bridgehead atoms. The number of nitrogens with two attached hydrogens (primary N) is 1. The van der Waals surface area contributed by atoms with Crippen LogP contribution in [-0.2, 0) is 5.75 Å². The fourth-order valence-corrected chi connectivity index (χ4v) is 2.92. The van der Waals surface area contributed by atoms with Crippen LogP contribution in [0.4, 0.5) is 5.69 Å². The summed E-state index contributed by atoms with van der Waals surface area (Å²) in [5.41, 5.74) is 9.75. The number of halogens is 1. The maximum atomic E-state index is 5.93. The number of aromatic amines is 1. The fourth-order valence-electron chi connectivity index (χ4n) is 1.84. The van der Waals surface area contributed by atoms with E-state index in [4.69, 9.17) is 17.3 Å². The van der Waals surface area contributed by atoms with Crippen molar-refractivity contribution in [2.75, 3.05) is 5.73 Å². The Morgan fingerprint density at radius 3 is 2.84 bits per heavy atom. The highest BCUT2D eigenvalue weighted by molar-refractivity contribution is 7.98. The number of para-hydroxylation sites is 2. The highest BCUT2D eigenvalue weighted by Crippen LogP contribution is 2.26. The molecular weight excluding hydrogens is 278 g/mol. The molecule has 0 radical (unpaired) electrons. The van der Waals surface area contributed by atoms with E-state index in [0.29, 0.717) is 5.02 Å². The SMILES string of the molecule is Nc1cc(Cl)ccc1CSc1nc2ccccc2[nH]1. The molecule has 0 aliphatic heterocycles. The molecule has 0 aliphatic carbocycles. The van der Waals surface area contributed by atoms with Gasteiger partial charge < -0.3 is 10.7 Å². The third-order valence-electron chi connectivity index (χ3n) is 2.84. The molecular formula is C14H12ClN3S. The maximum Gasteiger partial charge on any atom is 0.166 e. The number of rotatable bonds is 3. The van der Waals surface area contributed by atoms with Crippen LogP contribution in [0.15, 0.2) is 47.6 Å². The average molecular weight is 290 g/mol. The summed E-state index contributed by atoms with van der Waals surface area (Å²) in [7, 11) is 0. The van der Waals surface area contributed by atoms with Gasteiger partial charge in [-0.3, -0.25) is 0 Å². The van der Waals surface area contributed by atoms with Crippen molar-refractivity contribution < 1.29 is 0 Å². The topological polar surface area (TPSA) is 54.7 Å². The first-order valence-corrected chi connectivity index (χ1v) is 7.20. The van der Waals surface area contributed by atoms with Crippen LogP contribution in [0, 0.1) is 0 Å². The molecule has 0 saturated heterocycles. The summed E-state index contributed by atoms with van der Waals surface area (Å²) in [5.74, 6) is 0.767. The molecule has 1 aromatic heterocycles. The predicted octanol–water partition coefficient (Wildman–Crippen LogP) is 4.09. The number of nitrogen functional groups attached to an aromatic ring is 1. The number of nitrogens with zero attached hydrogens (tertiary/aromatic N) is 1. The van der Waals surface area contributed by atoms with Crippen LogP contribution in [0.1, 0.15) is 5.56 Å². The molecule has 3 aromatic rings. The largest absolute Gasteiger partial charge is 0.398 e. The number of anilines is 1. The van der Waals surface area contributed by atoms with E-state index in [1.807, 2.05) is 36.4 Å². The van der Waals surface area contributed by atoms with Gasteiger partial charge in [-0.25, -0.2) is 4.98 Å². The van der Waals surface area contributed by atoms with Crippen LogP contribution in [0.2, 0.25) is 5.02 Å². The number of imidazole rings is 1. The number of thioether (sulfide) groups is 1. The molecule has 0 atom stereocenters. The minimum atomic E-state index is 0.662. The van der Waals surface area contributed by atoms with Crippen molar-refractivity contribution in [3.63, 3.8) is 0 Å². The second-order valence-electron chi connectivity index (χ2n) is 4.19. The number of hydrogen-bond donors (Lipinski definition) is 2. The molecule has 0 unspecified atom stereocenters. The number of fused-ring (bicyclic) bond motifs is 1. The first-order valence-electron chi connectivity index (χ1n) is 5.84. The average Bonchev–Trinajstić information content (AvgIpc) is 2.80. The van der Waals surface area contributed by atoms with Crippen LogP contribution in [-0.4, -0.2) is 9.97 Å². The van der Waals surface area contributed by atoms with Crippen LogP contribution in [0.3, 0.4) is 0 Å². The van der Waals surface area contributed by atoms with E-state index in [-0.39, 0.29) is 0 Å². The van der Waals surface area contributed by atoms with Crippen LogP contribution in [0.5, 0.6) is 0 Å². The van der Waals surface area contributed by atoms with Crippen LogP contribution >= 0.6 is 23.4 Å². The summed E-state index contributed by atoms with van der Waals surface area (Å²) in [5, 5.41) is 1.56. The van der Waals surface area contributed by atoms with Crippen molar-refractivity contribution in [3.8, 4) is 0 Å². The lowest BCUT2D eigenvalue weighted by molar-refractivity contribution is 1.08. The van der Waals surface area contributed by atoms with E-state index in [1.54, 1.807) is 17.8 Å². The molecule has 3 rings (SSSR count). The van der Waals surface area contributed by atoms with E-state index < -0.39 is 0 Å². The van der Waals surface area contributed by atoms with E-state index in [2.05, 4.69) is 9.97 Å². The number of hydrogen-bond acceptors (Lipinski definition) is 3. The van der Waals surface area contributed by atoms with Crippen molar-refractivity contribution in [1.29, 1.82) is 0 Å². The van der Waals surface area contributed by atoms with Crippen molar-refractivity contribution in [1.82, 2.24) is 9.97 Å². The third kappa shape index (κ3) is 2.69. The van der Waals surface area contributed by atoms with Crippen LogP contribution < -0.4 is 5.73 Å². The van der Waals surface area contributed by atoms with E-state index in [0.717, 1.165) is 33.2 Å². The normalized spacial score (nSPS) is 11.0. The van der Waals surface area contributed by atoms with Gasteiger partial charge in [0.25, 0.3) is 0 Å². The quantitative estimate of drug-likeness (QED) is 0.564. The van der Waals surface area contributed by atoms with Gasteiger partial charge in [0.15, 0.2) is 5.16 Å². The summed E-state index contributed by atoms with van der Waals surface area (Å²) in [6.07, 6.45) is 0. The molecule has 0 fully saturated rings. The lowest BCUT2D eigenvalue weighted by Gasteiger charge is -2.04. The maximum absolute atomic E-state index is 5.93. The fraction of sp³-hybridized carbons (Fsp3) is 0.0714. The van der Waals surface area contributed by atoms with Crippen molar-refractivity contribution in [2.45, 2.75) is 10.9 Å². The lowest BCUT2D eigenvalue weighted by atomic mass is 10.2. The molecule has 19 heavy (non-hydrogen) atoms. The molecule has 0 spiro atoms. The number of aromatic nitrogens is 2. The van der Waals surface area contributed by atoms with Gasteiger partial charge in [-0.1, -0.05) is 41.6 Å². The summed E-state index contributed by atoms with van der Waals surface area (Å²) < 4.78 is 0. The zero-order valence-electron chi connectivity index (χ0n) is 10.1. The monoisotopic (exact) mass is 289 g/mol. The summed E-state index contributed by atoms with van der Waals surface area (Å²) in [4.78, 5) is 7.80. The van der Waals surface area contributed by atoms with Crippen molar-refractivity contribution in [2.24, 2.45) is 0 Å². The smallest absolute Gasteiger partial charge is 0.166 e. The number of nitrogens with one attached hydrogen (secondary N) is 1. The Bertz CT molecular complexity index is 691. The highest BCUT2D eigenvalue weighted by Gasteiger charge is 2.05. The van der Waals surface area contributed by atoms with Crippen LogP contribution in [0.25, 0.3) is 11.0 Å². The second kappa shape index (κ2) is 5.15. The molecule has 3 N–H and O–H groups in total. The second-order valence-corrected chi connectivity index (χ2v) is 5.59. The molecule has 0 aliphatic rings. The van der Waals surface area contributed by atoms with Gasteiger partial charge in [0.2, 0.25) is 0 Å². The van der Waals surface area contributed by atoms with Gasteiger partial charge >= 0.3 is 0 Å². The molecule has 3 nitrogen and oxygen atoms in total. The molecule has 2 aromatic carbocycles. The van der Waals surface area contributed by atoms with E-state index in [1.165, 1.54) is 0 Å². The molecule has 96 valence electrons. The summed E-state index contributed by atoms with van der Waals surface area (Å²) >= 11 is 7.51. The Balaban J connectivity index is 1.78. The van der Waals surface area contributed by atoms with Crippen molar-refractivity contribution in [3.05, 3.63) is 53.1 Å². The first-order chi connectivity index (χ1) is 9.22. The van der Waals surface area contributed by atoms with Gasteiger partial charge in [-0.15, -0.1) is 0 Å². The van der Waals surface area contributed by atoms with Crippen molar-refractivity contribution >= 4 is 40.1 Å². The number of H-pyrrole nitrogens is 1. The van der Waals surface area contributed by atoms with Gasteiger partial charge in [0, 0.05) is 16.5 Å². The van der Waals surface area contributed by atoms with Gasteiger partial charge in [-0.2, -0.15) is 0 Å². The Labute approximate surface area is 120 Å². The highest BCUT2D eigenvalue weighted by atomic mass is 35.5. The van der Waals surface area contributed by atoms with Gasteiger partial charge in [0.05, 0.1) is 11.0 Å². The third-order valence-corrected chi connectivity index (χ3v) is 4.00. The first kappa shape index (κ1) is 12.4. The Morgan fingerprint density at radius 1 is 1.21 bits per heavy atom. The predicted molar refractivity (Wildman–Crippen MR) is 81.5 cm³/mol. The zero-order chi connectivity index (χ0) is 13.2. The molecule has 1 heterocycles. The van der Waals surface area contributed by atoms with Gasteiger partial charge in [-0.05, 0) is 29.8 Å². The molecule has 0 saturated carbocycles. The Hall–Kier alpha value is -1.65. The van der Waals surface area contributed by atoms with E-state index in [9.17, 15) is 0 Å². The van der Waals surface area contributed by atoms with Gasteiger partial charge in [0.1, 0.15) is 0 Å². The van der Waals surface area contributed by atoms with E-state index >= 15 is 0 Å². The Morgan fingerprint density at radius 2 is 2.05 bits per heavy atom. The molecule has 5 heteroatoms. The lowest BCUT2D eigenvalue weighted by Crippen LogP contribution is -1.92.